The molecule has 0 aliphatic rings. The number of Topliss-reactive ketones (excluding diaryl/α,β-unsaturated/α-hetero) is 1. The van der Waals surface area contributed by atoms with Gasteiger partial charge in [-0.2, -0.15) is 0 Å². The van der Waals surface area contributed by atoms with Crippen molar-refractivity contribution in [2.45, 2.75) is 6.42 Å². The van der Waals surface area contributed by atoms with Crippen LogP contribution in [0.1, 0.15) is 22.3 Å². The van der Waals surface area contributed by atoms with E-state index < -0.39 is 0 Å². The molecular formula is C21H15Cl2NO. The van der Waals surface area contributed by atoms with Crippen LogP contribution in [0.4, 0.5) is 5.69 Å². The molecule has 4 heteroatoms. The van der Waals surface area contributed by atoms with Crippen LogP contribution in [-0.4, -0.2) is 11.5 Å². The monoisotopic (exact) mass is 367 g/mol. The molecule has 0 aromatic heterocycles. The molecule has 0 amide bonds. The van der Waals surface area contributed by atoms with Gasteiger partial charge in [0, 0.05) is 5.56 Å². The molecule has 3 aromatic rings. The van der Waals surface area contributed by atoms with E-state index in [1.165, 1.54) is 0 Å². The maximum Gasteiger partial charge on any atom is 0.168 e. The van der Waals surface area contributed by atoms with Crippen molar-refractivity contribution in [3.8, 4) is 0 Å². The van der Waals surface area contributed by atoms with E-state index in [2.05, 4.69) is 4.99 Å². The van der Waals surface area contributed by atoms with Crippen molar-refractivity contribution in [3.05, 3.63) is 100 Å². The number of benzene rings is 3. The molecule has 2 nitrogen and oxygen atoms in total. The highest BCUT2D eigenvalue weighted by atomic mass is 35.5. The second-order valence-electron chi connectivity index (χ2n) is 5.49. The summed E-state index contributed by atoms with van der Waals surface area (Å²) in [6, 6.07) is 24.0. The number of carbonyl (C=O) groups excluding carboxylic acids is 1. The fourth-order valence-electron chi connectivity index (χ4n) is 2.43. The minimum absolute atomic E-state index is 0.0169. The van der Waals surface area contributed by atoms with E-state index in [0.29, 0.717) is 27.0 Å². The minimum atomic E-state index is 0.0169. The van der Waals surface area contributed by atoms with E-state index in [0.717, 1.165) is 5.56 Å². The largest absolute Gasteiger partial charge is 0.294 e. The quantitative estimate of drug-likeness (QED) is 0.379. The second-order valence-corrected chi connectivity index (χ2v) is 6.30. The van der Waals surface area contributed by atoms with Gasteiger partial charge in [-0.3, -0.25) is 9.79 Å². The summed E-state index contributed by atoms with van der Waals surface area (Å²) in [4.78, 5) is 17.3. The summed E-state index contributed by atoms with van der Waals surface area (Å²) in [6.07, 6.45) is 0.203. The molecular weight excluding hydrogens is 353 g/mol. The zero-order valence-corrected chi connectivity index (χ0v) is 14.8. The molecule has 0 atom stereocenters. The Morgan fingerprint density at radius 3 is 1.96 bits per heavy atom. The Balaban J connectivity index is 1.97. The molecule has 0 saturated carbocycles. The van der Waals surface area contributed by atoms with Gasteiger partial charge >= 0.3 is 0 Å². The van der Waals surface area contributed by atoms with Crippen LogP contribution in [0.5, 0.6) is 0 Å². The highest BCUT2D eigenvalue weighted by molar-refractivity contribution is 6.42. The number of halogens is 2. The summed E-state index contributed by atoms with van der Waals surface area (Å²) < 4.78 is 0. The summed E-state index contributed by atoms with van der Waals surface area (Å²) in [6.45, 7) is 0. The topological polar surface area (TPSA) is 29.4 Å². The zero-order valence-electron chi connectivity index (χ0n) is 13.3. The normalized spacial score (nSPS) is 11.4. The molecule has 0 radical (unpaired) electrons. The van der Waals surface area contributed by atoms with Crippen LogP contribution in [0, 0.1) is 0 Å². The summed E-state index contributed by atoms with van der Waals surface area (Å²) in [7, 11) is 0. The maximum atomic E-state index is 12.6. The maximum absolute atomic E-state index is 12.6. The third-order valence-corrected chi connectivity index (χ3v) is 4.44. The summed E-state index contributed by atoms with van der Waals surface area (Å²) in [5.41, 5.74) is 2.92. The molecule has 0 aliphatic carbocycles. The Labute approximate surface area is 156 Å². The molecule has 25 heavy (non-hydrogen) atoms. The van der Waals surface area contributed by atoms with Crippen LogP contribution in [0.15, 0.2) is 83.9 Å². The molecule has 0 aliphatic heterocycles. The van der Waals surface area contributed by atoms with Crippen molar-refractivity contribution in [1.29, 1.82) is 0 Å². The first-order chi connectivity index (χ1) is 12.1. The van der Waals surface area contributed by atoms with Gasteiger partial charge in [-0.05, 0) is 23.8 Å². The number of aliphatic imine (C=N–C) groups is 1. The molecule has 0 N–H and O–H groups in total. The predicted octanol–water partition coefficient (Wildman–Crippen LogP) is 6.39. The SMILES string of the molecule is O=C(CC(=Nc1ccc(Cl)c(Cl)c1)c1ccccc1)c1ccccc1. The van der Waals surface area contributed by atoms with E-state index in [4.69, 9.17) is 23.2 Å². The van der Waals surface area contributed by atoms with Crippen LogP contribution in [-0.2, 0) is 0 Å². The van der Waals surface area contributed by atoms with Gasteiger partial charge in [-0.15, -0.1) is 0 Å². The van der Waals surface area contributed by atoms with Gasteiger partial charge in [0.05, 0.1) is 27.9 Å². The standard InChI is InChI=1S/C21H15Cl2NO/c22-18-12-11-17(13-19(18)23)24-20(15-7-3-1-4-8-15)14-21(25)16-9-5-2-6-10-16/h1-13H,14H2. The first-order valence-corrected chi connectivity index (χ1v) is 8.55. The minimum Gasteiger partial charge on any atom is -0.294 e. The van der Waals surface area contributed by atoms with Gasteiger partial charge < -0.3 is 0 Å². The van der Waals surface area contributed by atoms with Crippen LogP contribution in [0.25, 0.3) is 0 Å². The number of hydrogen-bond acceptors (Lipinski definition) is 2. The summed E-state index contributed by atoms with van der Waals surface area (Å²) in [5.74, 6) is 0.0169. The van der Waals surface area contributed by atoms with Gasteiger partial charge in [0.1, 0.15) is 0 Å². The lowest BCUT2D eigenvalue weighted by atomic mass is 10.0. The third-order valence-electron chi connectivity index (χ3n) is 3.70. The number of nitrogens with zero attached hydrogens (tertiary/aromatic N) is 1. The van der Waals surface area contributed by atoms with E-state index >= 15 is 0 Å². The molecule has 0 heterocycles. The Kier molecular flexibility index (Phi) is 5.64. The van der Waals surface area contributed by atoms with Gasteiger partial charge in [0.2, 0.25) is 0 Å². The average molecular weight is 368 g/mol. The zero-order chi connectivity index (χ0) is 17.6. The van der Waals surface area contributed by atoms with Gasteiger partial charge in [-0.1, -0.05) is 83.9 Å². The Morgan fingerprint density at radius 2 is 1.36 bits per heavy atom. The van der Waals surface area contributed by atoms with Crippen molar-refractivity contribution in [2.24, 2.45) is 4.99 Å². The van der Waals surface area contributed by atoms with E-state index in [1.807, 2.05) is 60.7 Å². The first kappa shape index (κ1) is 17.4. The smallest absolute Gasteiger partial charge is 0.168 e. The molecule has 3 rings (SSSR count). The molecule has 3 aromatic carbocycles. The Bertz CT molecular complexity index is 906. The number of ketones is 1. The second kappa shape index (κ2) is 8.11. The van der Waals surface area contributed by atoms with Crippen molar-refractivity contribution in [1.82, 2.24) is 0 Å². The van der Waals surface area contributed by atoms with E-state index in [1.54, 1.807) is 18.2 Å². The molecule has 0 fully saturated rings. The van der Waals surface area contributed by atoms with Gasteiger partial charge in [-0.25, -0.2) is 0 Å². The fourth-order valence-corrected chi connectivity index (χ4v) is 2.72. The van der Waals surface area contributed by atoms with E-state index in [9.17, 15) is 4.79 Å². The first-order valence-electron chi connectivity index (χ1n) is 7.80. The third kappa shape index (κ3) is 4.56. The number of rotatable bonds is 5. The average Bonchev–Trinajstić information content (AvgIpc) is 2.65. The number of carbonyl (C=O) groups is 1. The molecule has 124 valence electrons. The van der Waals surface area contributed by atoms with Crippen molar-refractivity contribution >= 4 is 40.4 Å². The van der Waals surface area contributed by atoms with Crippen molar-refractivity contribution in [3.63, 3.8) is 0 Å². The van der Waals surface area contributed by atoms with Crippen LogP contribution >= 0.6 is 23.2 Å². The molecule has 0 saturated heterocycles. The highest BCUT2D eigenvalue weighted by Gasteiger charge is 2.12. The number of hydrogen-bond donors (Lipinski definition) is 0. The van der Waals surface area contributed by atoms with Crippen LogP contribution in [0.2, 0.25) is 10.0 Å². The van der Waals surface area contributed by atoms with Crippen molar-refractivity contribution in [2.75, 3.05) is 0 Å². The Hall–Kier alpha value is -2.42. The lowest BCUT2D eigenvalue weighted by Gasteiger charge is -2.08. The van der Waals surface area contributed by atoms with E-state index in [-0.39, 0.29) is 12.2 Å². The lowest BCUT2D eigenvalue weighted by molar-refractivity contribution is 0.100. The molecule has 0 unspecified atom stereocenters. The summed E-state index contributed by atoms with van der Waals surface area (Å²) >= 11 is 12.0. The van der Waals surface area contributed by atoms with Gasteiger partial charge in [0.25, 0.3) is 0 Å². The Morgan fingerprint density at radius 1 is 0.760 bits per heavy atom. The fraction of sp³-hybridized carbons (Fsp3) is 0.0476. The van der Waals surface area contributed by atoms with Gasteiger partial charge in [0.15, 0.2) is 5.78 Å². The van der Waals surface area contributed by atoms with Crippen LogP contribution < -0.4 is 0 Å². The molecule has 0 bridgehead atoms. The highest BCUT2D eigenvalue weighted by Crippen LogP contribution is 2.27. The van der Waals surface area contributed by atoms with Crippen molar-refractivity contribution < 1.29 is 4.79 Å². The lowest BCUT2D eigenvalue weighted by Crippen LogP contribution is -2.09. The summed E-state index contributed by atoms with van der Waals surface area (Å²) in [5, 5.41) is 0.909. The van der Waals surface area contributed by atoms with Crippen LogP contribution in [0.3, 0.4) is 0 Å². The predicted molar refractivity (Wildman–Crippen MR) is 104 cm³/mol. The molecule has 0 spiro atoms.